The van der Waals surface area contributed by atoms with Gasteiger partial charge >= 0.3 is 6.03 Å². The van der Waals surface area contributed by atoms with Crippen molar-refractivity contribution < 1.29 is 13.9 Å². The molecule has 170 valence electrons. The summed E-state index contributed by atoms with van der Waals surface area (Å²) in [6, 6.07) is 11.7. The standard InChI is InChI=1S/C23H26ClFN4O2S/c1-3-26-22(30)27-11-4-12-29-20(16-6-9-19(25)10-7-16)15-32-23(29)28-14-17-5-8-18(24)13-21(17)31-2/h5-10,13,15H,3-4,11-12,14H2,1-2H3,(H2,26,27,30). The molecule has 2 amide bonds. The van der Waals surface area contributed by atoms with E-state index in [1.165, 1.54) is 23.5 Å². The Morgan fingerprint density at radius 3 is 2.72 bits per heavy atom. The van der Waals surface area contributed by atoms with Gasteiger partial charge in [-0.25, -0.2) is 9.18 Å². The van der Waals surface area contributed by atoms with Crippen molar-refractivity contribution in [1.82, 2.24) is 15.2 Å². The third-order valence-corrected chi connectivity index (χ3v) is 5.89. The van der Waals surface area contributed by atoms with Crippen LogP contribution < -0.4 is 20.2 Å². The minimum Gasteiger partial charge on any atom is -0.496 e. The van der Waals surface area contributed by atoms with Gasteiger partial charge in [-0.1, -0.05) is 17.7 Å². The molecule has 6 nitrogen and oxygen atoms in total. The van der Waals surface area contributed by atoms with E-state index in [9.17, 15) is 9.18 Å². The molecule has 0 fully saturated rings. The lowest BCUT2D eigenvalue weighted by Gasteiger charge is -2.11. The molecule has 0 spiro atoms. The Kier molecular flexibility index (Phi) is 8.70. The van der Waals surface area contributed by atoms with Gasteiger partial charge in [0.2, 0.25) is 0 Å². The van der Waals surface area contributed by atoms with E-state index < -0.39 is 0 Å². The molecule has 32 heavy (non-hydrogen) atoms. The maximum atomic E-state index is 13.4. The van der Waals surface area contributed by atoms with Crippen LogP contribution in [0.2, 0.25) is 5.02 Å². The van der Waals surface area contributed by atoms with Crippen molar-refractivity contribution in [3.05, 3.63) is 69.0 Å². The minimum atomic E-state index is -0.276. The molecular weight excluding hydrogens is 451 g/mol. The van der Waals surface area contributed by atoms with Gasteiger partial charge < -0.3 is 19.9 Å². The van der Waals surface area contributed by atoms with Crippen molar-refractivity contribution in [2.24, 2.45) is 4.99 Å². The molecule has 0 aliphatic rings. The fourth-order valence-electron chi connectivity index (χ4n) is 3.19. The molecular formula is C23H26ClFN4O2S. The maximum absolute atomic E-state index is 13.4. The highest BCUT2D eigenvalue weighted by atomic mass is 35.5. The average Bonchev–Trinajstić information content (AvgIpc) is 3.19. The molecule has 3 aromatic rings. The van der Waals surface area contributed by atoms with Crippen molar-refractivity contribution in [2.45, 2.75) is 26.4 Å². The summed E-state index contributed by atoms with van der Waals surface area (Å²) >= 11 is 7.58. The Balaban J connectivity index is 1.85. The Morgan fingerprint density at radius 2 is 2.00 bits per heavy atom. The fourth-order valence-corrected chi connectivity index (χ4v) is 4.28. The molecule has 0 saturated carbocycles. The average molecular weight is 477 g/mol. The summed E-state index contributed by atoms with van der Waals surface area (Å²) in [7, 11) is 1.61. The van der Waals surface area contributed by atoms with Crippen LogP contribution in [0.15, 0.2) is 52.8 Å². The lowest BCUT2D eigenvalue weighted by Crippen LogP contribution is -2.36. The summed E-state index contributed by atoms with van der Waals surface area (Å²) in [6.45, 7) is 4.07. The molecule has 1 aromatic heterocycles. The molecule has 3 rings (SSSR count). The number of carbonyl (C=O) groups excluding carboxylic acids is 1. The SMILES string of the molecule is CCNC(=O)NCCCn1c(-c2ccc(F)cc2)csc1=NCc1ccc(Cl)cc1OC. The van der Waals surface area contributed by atoms with E-state index in [-0.39, 0.29) is 11.8 Å². The topological polar surface area (TPSA) is 67.7 Å². The van der Waals surface area contributed by atoms with E-state index in [1.54, 1.807) is 25.3 Å². The van der Waals surface area contributed by atoms with Crippen LogP contribution in [0.25, 0.3) is 11.3 Å². The second-order valence-electron chi connectivity index (χ2n) is 6.97. The number of aromatic nitrogens is 1. The quantitative estimate of drug-likeness (QED) is 0.434. The van der Waals surface area contributed by atoms with Crippen LogP contribution in [-0.4, -0.2) is 30.8 Å². The predicted molar refractivity (Wildman–Crippen MR) is 127 cm³/mol. The van der Waals surface area contributed by atoms with E-state index in [0.717, 1.165) is 28.0 Å². The van der Waals surface area contributed by atoms with Gasteiger partial charge in [-0.15, -0.1) is 11.3 Å². The zero-order chi connectivity index (χ0) is 22.9. The van der Waals surface area contributed by atoms with E-state index >= 15 is 0 Å². The summed E-state index contributed by atoms with van der Waals surface area (Å²) in [6.07, 6.45) is 0.722. The number of hydrogen-bond acceptors (Lipinski definition) is 4. The number of halogens is 2. The minimum absolute atomic E-state index is 0.179. The number of amides is 2. The van der Waals surface area contributed by atoms with Crippen LogP contribution in [0.3, 0.4) is 0 Å². The highest BCUT2D eigenvalue weighted by molar-refractivity contribution is 7.07. The van der Waals surface area contributed by atoms with Gasteiger partial charge in [0.15, 0.2) is 4.80 Å². The Morgan fingerprint density at radius 1 is 1.22 bits per heavy atom. The lowest BCUT2D eigenvalue weighted by molar-refractivity contribution is 0.241. The van der Waals surface area contributed by atoms with Crippen LogP contribution in [-0.2, 0) is 13.1 Å². The summed E-state index contributed by atoms with van der Waals surface area (Å²) in [5.41, 5.74) is 2.79. The van der Waals surface area contributed by atoms with E-state index in [0.29, 0.717) is 37.0 Å². The second kappa shape index (κ2) is 11.7. The summed E-state index contributed by atoms with van der Waals surface area (Å²) < 4.78 is 20.9. The number of nitrogens with zero attached hydrogens (tertiary/aromatic N) is 2. The fraction of sp³-hybridized carbons (Fsp3) is 0.304. The van der Waals surface area contributed by atoms with Gasteiger partial charge in [-0.05, 0) is 55.3 Å². The first-order valence-corrected chi connectivity index (χ1v) is 11.6. The van der Waals surface area contributed by atoms with E-state index in [4.69, 9.17) is 21.3 Å². The number of hydrogen-bond donors (Lipinski definition) is 2. The number of nitrogens with one attached hydrogen (secondary N) is 2. The largest absolute Gasteiger partial charge is 0.496 e. The Bertz CT molecular complexity index is 1110. The van der Waals surface area contributed by atoms with E-state index in [1.807, 2.05) is 24.4 Å². The Hall–Kier alpha value is -2.84. The zero-order valence-electron chi connectivity index (χ0n) is 18.0. The number of benzene rings is 2. The first kappa shape index (κ1) is 23.8. The van der Waals surface area contributed by atoms with Crippen molar-refractivity contribution in [3.8, 4) is 17.0 Å². The van der Waals surface area contributed by atoms with Gasteiger partial charge in [0.05, 0.1) is 19.3 Å². The van der Waals surface area contributed by atoms with Crippen molar-refractivity contribution in [1.29, 1.82) is 0 Å². The van der Waals surface area contributed by atoms with Gasteiger partial charge in [-0.3, -0.25) is 4.99 Å². The van der Waals surface area contributed by atoms with Gasteiger partial charge in [-0.2, -0.15) is 0 Å². The van der Waals surface area contributed by atoms with Crippen LogP contribution in [0.5, 0.6) is 5.75 Å². The summed E-state index contributed by atoms with van der Waals surface area (Å²) in [5.74, 6) is 0.413. The molecule has 9 heteroatoms. The maximum Gasteiger partial charge on any atom is 0.314 e. The predicted octanol–water partition coefficient (Wildman–Crippen LogP) is 4.83. The molecule has 0 aliphatic carbocycles. The monoisotopic (exact) mass is 476 g/mol. The number of thiazole rings is 1. The molecule has 0 bridgehead atoms. The molecule has 2 N–H and O–H groups in total. The van der Waals surface area contributed by atoms with Crippen LogP contribution in [0.1, 0.15) is 18.9 Å². The molecule has 1 heterocycles. The number of carbonyl (C=O) groups is 1. The van der Waals surface area contributed by atoms with Crippen LogP contribution in [0.4, 0.5) is 9.18 Å². The van der Waals surface area contributed by atoms with Gasteiger partial charge in [0.1, 0.15) is 11.6 Å². The molecule has 0 radical (unpaired) electrons. The van der Waals surface area contributed by atoms with Crippen LogP contribution in [0, 0.1) is 5.82 Å². The highest BCUT2D eigenvalue weighted by Gasteiger charge is 2.10. The molecule has 0 aliphatic heterocycles. The Labute approximate surface area is 195 Å². The van der Waals surface area contributed by atoms with Crippen LogP contribution >= 0.6 is 22.9 Å². The number of methoxy groups -OCH3 is 1. The highest BCUT2D eigenvalue weighted by Crippen LogP contribution is 2.24. The van der Waals surface area contributed by atoms with Crippen molar-refractivity contribution in [2.75, 3.05) is 20.2 Å². The third-order valence-electron chi connectivity index (χ3n) is 4.75. The molecule has 2 aromatic carbocycles. The molecule has 0 saturated heterocycles. The van der Waals surface area contributed by atoms with Crippen molar-refractivity contribution >= 4 is 29.0 Å². The van der Waals surface area contributed by atoms with E-state index in [2.05, 4.69) is 15.2 Å². The van der Waals surface area contributed by atoms with Crippen molar-refractivity contribution in [3.63, 3.8) is 0 Å². The zero-order valence-corrected chi connectivity index (χ0v) is 19.6. The molecule has 0 atom stereocenters. The first-order valence-electron chi connectivity index (χ1n) is 10.3. The van der Waals surface area contributed by atoms with Gasteiger partial charge in [0.25, 0.3) is 0 Å². The number of ether oxygens (including phenoxy) is 1. The second-order valence-corrected chi connectivity index (χ2v) is 8.25. The third kappa shape index (κ3) is 6.34. The lowest BCUT2D eigenvalue weighted by atomic mass is 10.1. The normalized spacial score (nSPS) is 11.4. The first-order chi connectivity index (χ1) is 15.5. The van der Waals surface area contributed by atoms with Gasteiger partial charge in [0, 0.05) is 35.6 Å². The summed E-state index contributed by atoms with van der Waals surface area (Å²) in [4.78, 5) is 17.3. The number of rotatable bonds is 9. The smallest absolute Gasteiger partial charge is 0.314 e. The molecule has 0 unspecified atom stereocenters. The summed E-state index contributed by atoms with van der Waals surface area (Å²) in [5, 5.41) is 8.18. The number of urea groups is 1.